The molecule has 3 rings (SSSR count). The quantitative estimate of drug-likeness (QED) is 0.778. The second-order valence-electron chi connectivity index (χ2n) is 5.73. The van der Waals surface area contributed by atoms with E-state index in [0.717, 1.165) is 36.5 Å². The number of amides is 1. The van der Waals surface area contributed by atoms with Gasteiger partial charge in [0.15, 0.2) is 6.10 Å². The Kier molecular flexibility index (Phi) is 5.20. The standard InChI is InChI=1S/C17H19N3O3S/c1-12(17(22)20-7-2-3-8-20)23-15(21)9-14-11-24-16(19-14)13-5-4-6-18-10-13/h4-6,10-12H,2-3,7-9H2,1H3/t12-/m0/s1. The second kappa shape index (κ2) is 7.53. The highest BCUT2D eigenvalue weighted by Crippen LogP contribution is 2.23. The monoisotopic (exact) mass is 345 g/mol. The molecule has 1 amide bonds. The van der Waals surface area contributed by atoms with Gasteiger partial charge in [-0.25, -0.2) is 4.98 Å². The van der Waals surface area contributed by atoms with E-state index in [9.17, 15) is 9.59 Å². The van der Waals surface area contributed by atoms with Gasteiger partial charge in [0.2, 0.25) is 0 Å². The van der Waals surface area contributed by atoms with Crippen molar-refractivity contribution < 1.29 is 14.3 Å². The molecule has 0 radical (unpaired) electrons. The summed E-state index contributed by atoms with van der Waals surface area (Å²) in [6, 6.07) is 3.76. The Morgan fingerprint density at radius 1 is 1.38 bits per heavy atom. The fraction of sp³-hybridized carbons (Fsp3) is 0.412. The fourth-order valence-electron chi connectivity index (χ4n) is 2.64. The highest BCUT2D eigenvalue weighted by atomic mass is 32.1. The molecule has 2 aromatic heterocycles. The van der Waals surface area contributed by atoms with E-state index in [1.807, 2.05) is 17.5 Å². The van der Waals surface area contributed by atoms with Gasteiger partial charge in [-0.2, -0.15) is 0 Å². The van der Waals surface area contributed by atoms with E-state index < -0.39 is 12.1 Å². The van der Waals surface area contributed by atoms with E-state index in [0.29, 0.717) is 5.69 Å². The average Bonchev–Trinajstić information content (AvgIpc) is 3.26. The Morgan fingerprint density at radius 2 is 2.17 bits per heavy atom. The molecule has 0 N–H and O–H groups in total. The molecule has 1 aliphatic rings. The summed E-state index contributed by atoms with van der Waals surface area (Å²) in [5, 5.41) is 2.64. The second-order valence-corrected chi connectivity index (χ2v) is 6.59. The van der Waals surface area contributed by atoms with Crippen molar-refractivity contribution in [2.45, 2.75) is 32.3 Å². The van der Waals surface area contributed by atoms with Crippen LogP contribution in [-0.2, 0) is 20.7 Å². The molecule has 24 heavy (non-hydrogen) atoms. The summed E-state index contributed by atoms with van der Waals surface area (Å²) in [6.07, 6.45) is 4.79. The number of esters is 1. The van der Waals surface area contributed by atoms with Crippen molar-refractivity contribution in [3.8, 4) is 10.6 Å². The Hall–Kier alpha value is -2.28. The van der Waals surface area contributed by atoms with Gasteiger partial charge < -0.3 is 9.64 Å². The molecule has 0 spiro atoms. The highest BCUT2D eigenvalue weighted by Gasteiger charge is 2.26. The fourth-order valence-corrected chi connectivity index (χ4v) is 3.45. The van der Waals surface area contributed by atoms with E-state index in [1.165, 1.54) is 11.3 Å². The smallest absolute Gasteiger partial charge is 0.312 e. The summed E-state index contributed by atoms with van der Waals surface area (Å²) in [5.41, 5.74) is 1.56. The number of thiazole rings is 1. The first-order valence-electron chi connectivity index (χ1n) is 7.96. The van der Waals surface area contributed by atoms with Crippen LogP contribution in [0.25, 0.3) is 10.6 Å². The van der Waals surface area contributed by atoms with Gasteiger partial charge in [-0.05, 0) is 31.9 Å². The number of aromatic nitrogens is 2. The molecule has 1 aliphatic heterocycles. The predicted octanol–water partition coefficient (Wildman–Crippen LogP) is 2.30. The first-order valence-corrected chi connectivity index (χ1v) is 8.84. The number of ether oxygens (including phenoxy) is 1. The molecule has 126 valence electrons. The van der Waals surface area contributed by atoms with Crippen molar-refractivity contribution >= 4 is 23.2 Å². The largest absolute Gasteiger partial charge is 0.452 e. The number of pyridine rings is 1. The molecule has 1 saturated heterocycles. The van der Waals surface area contributed by atoms with Gasteiger partial charge in [-0.3, -0.25) is 14.6 Å². The lowest BCUT2D eigenvalue weighted by Crippen LogP contribution is -2.38. The van der Waals surface area contributed by atoms with Crippen molar-refractivity contribution in [3.63, 3.8) is 0 Å². The zero-order valence-corrected chi connectivity index (χ0v) is 14.3. The van der Waals surface area contributed by atoms with Crippen molar-refractivity contribution in [2.75, 3.05) is 13.1 Å². The molecule has 3 heterocycles. The van der Waals surface area contributed by atoms with Crippen LogP contribution in [0.2, 0.25) is 0 Å². The third-order valence-electron chi connectivity index (χ3n) is 3.86. The number of likely N-dealkylation sites (tertiary alicyclic amines) is 1. The van der Waals surface area contributed by atoms with Crippen LogP contribution in [0.1, 0.15) is 25.5 Å². The molecule has 0 saturated carbocycles. The number of carbonyl (C=O) groups is 2. The van der Waals surface area contributed by atoms with Crippen LogP contribution >= 0.6 is 11.3 Å². The average molecular weight is 345 g/mol. The molecule has 0 aliphatic carbocycles. The van der Waals surface area contributed by atoms with E-state index in [1.54, 1.807) is 24.2 Å². The summed E-state index contributed by atoms with van der Waals surface area (Å²) in [4.78, 5) is 34.4. The molecule has 0 unspecified atom stereocenters. The third-order valence-corrected chi connectivity index (χ3v) is 4.80. The van der Waals surface area contributed by atoms with Crippen LogP contribution in [0.5, 0.6) is 0 Å². The highest BCUT2D eigenvalue weighted by molar-refractivity contribution is 7.13. The van der Waals surface area contributed by atoms with Crippen molar-refractivity contribution in [1.29, 1.82) is 0 Å². The van der Waals surface area contributed by atoms with Crippen LogP contribution in [0.15, 0.2) is 29.9 Å². The van der Waals surface area contributed by atoms with Crippen molar-refractivity contribution in [1.82, 2.24) is 14.9 Å². The Bertz CT molecular complexity index is 711. The zero-order valence-electron chi connectivity index (χ0n) is 13.5. The maximum Gasteiger partial charge on any atom is 0.312 e. The SMILES string of the molecule is C[C@H](OC(=O)Cc1csc(-c2cccnc2)n1)C(=O)N1CCCC1. The molecular weight excluding hydrogens is 326 g/mol. The molecule has 0 aromatic carbocycles. The van der Waals surface area contributed by atoms with Gasteiger partial charge in [-0.15, -0.1) is 11.3 Å². The molecule has 0 bridgehead atoms. The van der Waals surface area contributed by atoms with E-state index >= 15 is 0 Å². The lowest BCUT2D eigenvalue weighted by atomic mass is 10.3. The minimum Gasteiger partial charge on any atom is -0.452 e. The molecule has 7 heteroatoms. The molecule has 1 atom stereocenters. The maximum absolute atomic E-state index is 12.2. The minimum absolute atomic E-state index is 0.0639. The number of hydrogen-bond donors (Lipinski definition) is 0. The van der Waals surface area contributed by atoms with Crippen LogP contribution < -0.4 is 0 Å². The van der Waals surface area contributed by atoms with Crippen molar-refractivity contribution in [2.24, 2.45) is 0 Å². The topological polar surface area (TPSA) is 72.4 Å². The van der Waals surface area contributed by atoms with E-state index in [-0.39, 0.29) is 12.3 Å². The number of nitrogens with zero attached hydrogens (tertiary/aromatic N) is 3. The predicted molar refractivity (Wildman–Crippen MR) is 90.4 cm³/mol. The Morgan fingerprint density at radius 3 is 2.88 bits per heavy atom. The Balaban J connectivity index is 1.55. The van der Waals surface area contributed by atoms with Gasteiger partial charge in [0.1, 0.15) is 5.01 Å². The van der Waals surface area contributed by atoms with Gasteiger partial charge in [0.05, 0.1) is 12.1 Å². The number of carbonyl (C=O) groups excluding carboxylic acids is 2. The first kappa shape index (κ1) is 16.6. The summed E-state index contributed by atoms with van der Waals surface area (Å²) >= 11 is 1.46. The molecule has 1 fully saturated rings. The third kappa shape index (κ3) is 3.97. The van der Waals surface area contributed by atoms with Gasteiger partial charge in [-0.1, -0.05) is 0 Å². The van der Waals surface area contributed by atoms with Gasteiger partial charge in [0.25, 0.3) is 5.91 Å². The van der Waals surface area contributed by atoms with Crippen LogP contribution in [0.4, 0.5) is 0 Å². The lowest BCUT2D eigenvalue weighted by molar-refractivity contribution is -0.158. The molecule has 6 nitrogen and oxygen atoms in total. The Labute approximate surface area is 144 Å². The summed E-state index contributed by atoms with van der Waals surface area (Å²) < 4.78 is 5.27. The number of hydrogen-bond acceptors (Lipinski definition) is 6. The van der Waals surface area contributed by atoms with Crippen LogP contribution in [-0.4, -0.2) is 45.9 Å². The molecule has 2 aromatic rings. The van der Waals surface area contributed by atoms with E-state index in [4.69, 9.17) is 4.74 Å². The first-order chi connectivity index (χ1) is 11.6. The maximum atomic E-state index is 12.2. The summed E-state index contributed by atoms with van der Waals surface area (Å²) in [5.74, 6) is -0.548. The van der Waals surface area contributed by atoms with Gasteiger partial charge in [0, 0.05) is 36.4 Å². The lowest BCUT2D eigenvalue weighted by Gasteiger charge is -2.20. The minimum atomic E-state index is -0.743. The molecular formula is C17H19N3O3S. The van der Waals surface area contributed by atoms with E-state index in [2.05, 4.69) is 9.97 Å². The zero-order chi connectivity index (χ0) is 16.9. The van der Waals surface area contributed by atoms with Gasteiger partial charge >= 0.3 is 5.97 Å². The van der Waals surface area contributed by atoms with Crippen LogP contribution in [0.3, 0.4) is 0 Å². The van der Waals surface area contributed by atoms with Crippen molar-refractivity contribution in [3.05, 3.63) is 35.6 Å². The van der Waals surface area contributed by atoms with Crippen LogP contribution in [0, 0.1) is 0 Å². The number of rotatable bonds is 5. The summed E-state index contributed by atoms with van der Waals surface area (Å²) in [7, 11) is 0. The summed E-state index contributed by atoms with van der Waals surface area (Å²) in [6.45, 7) is 3.13. The normalized spacial score (nSPS) is 15.3.